The SMILES string of the molecule is CC(C)(C)C1=CCN(C(=O)N2CCCC2(C)C(=O)O)CC1. The minimum absolute atomic E-state index is 0.137. The van der Waals surface area contributed by atoms with Gasteiger partial charge in [-0.1, -0.05) is 32.4 Å². The third-order valence-corrected chi connectivity index (χ3v) is 4.78. The van der Waals surface area contributed by atoms with Gasteiger partial charge in [-0.15, -0.1) is 0 Å². The molecule has 0 aromatic rings. The van der Waals surface area contributed by atoms with Crippen molar-refractivity contribution in [2.24, 2.45) is 5.41 Å². The molecule has 21 heavy (non-hydrogen) atoms. The average Bonchev–Trinajstić information content (AvgIpc) is 2.80. The number of amides is 2. The van der Waals surface area contributed by atoms with Crippen LogP contribution in [0, 0.1) is 5.41 Å². The van der Waals surface area contributed by atoms with Crippen LogP contribution in [0.3, 0.4) is 0 Å². The Balaban J connectivity index is 2.09. The van der Waals surface area contributed by atoms with E-state index in [1.54, 1.807) is 11.8 Å². The van der Waals surface area contributed by atoms with E-state index in [4.69, 9.17) is 0 Å². The molecule has 2 aliphatic heterocycles. The third kappa shape index (κ3) is 2.92. The summed E-state index contributed by atoms with van der Waals surface area (Å²) in [7, 11) is 0. The second-order valence-electron chi connectivity index (χ2n) is 7.29. The number of nitrogens with zero attached hydrogens (tertiary/aromatic N) is 2. The van der Waals surface area contributed by atoms with Gasteiger partial charge < -0.3 is 14.9 Å². The number of hydrogen-bond acceptors (Lipinski definition) is 2. The van der Waals surface area contributed by atoms with Gasteiger partial charge in [0, 0.05) is 19.6 Å². The molecule has 0 aromatic carbocycles. The second-order valence-corrected chi connectivity index (χ2v) is 7.29. The summed E-state index contributed by atoms with van der Waals surface area (Å²) in [6.45, 7) is 9.98. The number of carbonyl (C=O) groups is 2. The Morgan fingerprint density at radius 2 is 1.95 bits per heavy atom. The van der Waals surface area contributed by atoms with Crippen molar-refractivity contribution in [2.45, 2.75) is 52.5 Å². The van der Waals surface area contributed by atoms with Crippen LogP contribution in [0.15, 0.2) is 11.6 Å². The van der Waals surface area contributed by atoms with E-state index in [0.29, 0.717) is 26.1 Å². The Morgan fingerprint density at radius 1 is 1.29 bits per heavy atom. The van der Waals surface area contributed by atoms with Crippen molar-refractivity contribution in [3.63, 3.8) is 0 Å². The number of urea groups is 1. The van der Waals surface area contributed by atoms with Crippen LogP contribution in [-0.4, -0.2) is 52.1 Å². The summed E-state index contributed by atoms with van der Waals surface area (Å²) in [5.74, 6) is -0.906. The molecule has 0 aliphatic carbocycles. The first kappa shape index (κ1) is 15.9. The minimum atomic E-state index is -1.05. The van der Waals surface area contributed by atoms with E-state index in [9.17, 15) is 14.7 Å². The molecule has 118 valence electrons. The first-order valence-corrected chi connectivity index (χ1v) is 7.66. The maximum absolute atomic E-state index is 12.6. The van der Waals surface area contributed by atoms with E-state index in [2.05, 4.69) is 26.8 Å². The van der Waals surface area contributed by atoms with Gasteiger partial charge in [-0.3, -0.25) is 0 Å². The fourth-order valence-corrected chi connectivity index (χ4v) is 3.19. The fourth-order valence-electron chi connectivity index (χ4n) is 3.19. The van der Waals surface area contributed by atoms with Crippen LogP contribution in [0.2, 0.25) is 0 Å². The van der Waals surface area contributed by atoms with E-state index in [0.717, 1.165) is 12.8 Å². The zero-order valence-corrected chi connectivity index (χ0v) is 13.5. The summed E-state index contributed by atoms with van der Waals surface area (Å²) in [4.78, 5) is 27.4. The molecular formula is C16H26N2O3. The zero-order chi connectivity index (χ0) is 15.8. The molecule has 5 nitrogen and oxygen atoms in total. The lowest BCUT2D eigenvalue weighted by molar-refractivity contribution is -0.147. The van der Waals surface area contributed by atoms with Crippen molar-refractivity contribution in [1.82, 2.24) is 9.80 Å². The van der Waals surface area contributed by atoms with Crippen LogP contribution < -0.4 is 0 Å². The number of carboxylic acid groups (broad SMARTS) is 1. The molecular weight excluding hydrogens is 268 g/mol. The molecule has 1 fully saturated rings. The van der Waals surface area contributed by atoms with Gasteiger partial charge in [-0.25, -0.2) is 9.59 Å². The predicted molar refractivity (Wildman–Crippen MR) is 81.1 cm³/mol. The van der Waals surface area contributed by atoms with Crippen LogP contribution in [-0.2, 0) is 4.79 Å². The van der Waals surface area contributed by atoms with Crippen molar-refractivity contribution < 1.29 is 14.7 Å². The summed E-state index contributed by atoms with van der Waals surface area (Å²) in [6.07, 6.45) is 4.28. The summed E-state index contributed by atoms with van der Waals surface area (Å²) in [5, 5.41) is 9.41. The molecule has 0 bridgehead atoms. The summed E-state index contributed by atoms with van der Waals surface area (Å²) in [5.41, 5.74) is 0.456. The molecule has 1 atom stereocenters. The van der Waals surface area contributed by atoms with E-state index >= 15 is 0 Å². The summed E-state index contributed by atoms with van der Waals surface area (Å²) < 4.78 is 0. The van der Waals surface area contributed by atoms with Crippen molar-refractivity contribution in [3.05, 3.63) is 11.6 Å². The standard InChI is InChI=1S/C16H26N2O3/c1-15(2,3)12-6-10-17(11-7-12)14(21)18-9-5-8-16(18,4)13(19)20/h6H,5,7-11H2,1-4H3,(H,19,20). The molecule has 5 heteroatoms. The number of carboxylic acids is 1. The van der Waals surface area contributed by atoms with Crippen LogP contribution in [0.4, 0.5) is 4.79 Å². The monoisotopic (exact) mass is 294 g/mol. The highest BCUT2D eigenvalue weighted by Crippen LogP contribution is 2.33. The largest absolute Gasteiger partial charge is 0.480 e. The Kier molecular flexibility index (Phi) is 4.04. The lowest BCUT2D eigenvalue weighted by atomic mass is 9.83. The highest BCUT2D eigenvalue weighted by molar-refractivity contribution is 5.86. The maximum Gasteiger partial charge on any atom is 0.329 e. The summed E-state index contributed by atoms with van der Waals surface area (Å²) in [6, 6.07) is -0.137. The molecule has 0 spiro atoms. The van der Waals surface area contributed by atoms with Crippen molar-refractivity contribution in [2.75, 3.05) is 19.6 Å². The van der Waals surface area contributed by atoms with E-state index in [1.807, 2.05) is 0 Å². The molecule has 0 radical (unpaired) electrons. The smallest absolute Gasteiger partial charge is 0.329 e. The Morgan fingerprint density at radius 3 is 2.43 bits per heavy atom. The molecule has 0 aromatic heterocycles. The minimum Gasteiger partial charge on any atom is -0.480 e. The van der Waals surface area contributed by atoms with Gasteiger partial charge in [0.25, 0.3) is 0 Å². The highest BCUT2D eigenvalue weighted by Gasteiger charge is 2.47. The lowest BCUT2D eigenvalue weighted by Crippen LogP contribution is -2.55. The zero-order valence-electron chi connectivity index (χ0n) is 13.5. The molecule has 2 aliphatic rings. The number of hydrogen-bond donors (Lipinski definition) is 1. The summed E-state index contributed by atoms with van der Waals surface area (Å²) >= 11 is 0. The third-order valence-electron chi connectivity index (χ3n) is 4.78. The van der Waals surface area contributed by atoms with Crippen LogP contribution >= 0.6 is 0 Å². The second kappa shape index (κ2) is 5.35. The highest BCUT2D eigenvalue weighted by atomic mass is 16.4. The fraction of sp³-hybridized carbons (Fsp3) is 0.750. The van der Waals surface area contributed by atoms with Gasteiger partial charge in [0.15, 0.2) is 0 Å². The Hall–Kier alpha value is -1.52. The number of carbonyl (C=O) groups excluding carboxylic acids is 1. The molecule has 0 saturated carbocycles. The van der Waals surface area contributed by atoms with Gasteiger partial charge in [-0.2, -0.15) is 0 Å². The predicted octanol–water partition coefficient (Wildman–Crippen LogP) is 2.72. The molecule has 2 amide bonds. The average molecular weight is 294 g/mol. The van der Waals surface area contributed by atoms with Crippen molar-refractivity contribution >= 4 is 12.0 Å². The van der Waals surface area contributed by atoms with Crippen molar-refractivity contribution in [1.29, 1.82) is 0 Å². The quantitative estimate of drug-likeness (QED) is 0.756. The maximum atomic E-state index is 12.6. The van der Waals surface area contributed by atoms with Gasteiger partial charge in [-0.05, 0) is 31.6 Å². The number of likely N-dealkylation sites (tertiary alicyclic amines) is 1. The number of rotatable bonds is 1. The van der Waals surface area contributed by atoms with Gasteiger partial charge >= 0.3 is 12.0 Å². The molecule has 1 N–H and O–H groups in total. The van der Waals surface area contributed by atoms with Crippen LogP contribution in [0.1, 0.15) is 47.0 Å². The van der Waals surface area contributed by atoms with Gasteiger partial charge in [0.05, 0.1) is 0 Å². The van der Waals surface area contributed by atoms with Crippen molar-refractivity contribution in [3.8, 4) is 0 Å². The molecule has 2 rings (SSSR count). The molecule has 1 unspecified atom stereocenters. The normalized spacial score (nSPS) is 26.8. The van der Waals surface area contributed by atoms with E-state index in [-0.39, 0.29) is 11.4 Å². The van der Waals surface area contributed by atoms with Gasteiger partial charge in [0.1, 0.15) is 5.54 Å². The first-order chi connectivity index (χ1) is 9.66. The number of aliphatic carboxylic acids is 1. The molecule has 1 saturated heterocycles. The van der Waals surface area contributed by atoms with E-state index in [1.165, 1.54) is 10.5 Å². The lowest BCUT2D eigenvalue weighted by Gasteiger charge is -2.38. The Bertz CT molecular complexity index is 478. The first-order valence-electron chi connectivity index (χ1n) is 7.66. The van der Waals surface area contributed by atoms with Gasteiger partial charge in [0.2, 0.25) is 0 Å². The van der Waals surface area contributed by atoms with Crippen LogP contribution in [0.5, 0.6) is 0 Å². The van der Waals surface area contributed by atoms with Crippen LogP contribution in [0.25, 0.3) is 0 Å². The Labute approximate surface area is 126 Å². The topological polar surface area (TPSA) is 60.9 Å². The van der Waals surface area contributed by atoms with E-state index < -0.39 is 11.5 Å². The molecule has 2 heterocycles.